The van der Waals surface area contributed by atoms with E-state index in [0.29, 0.717) is 18.0 Å². The molecule has 4 rings (SSSR count). The number of imidazole rings is 1. The zero-order chi connectivity index (χ0) is 17.4. The number of aromatic nitrogens is 2. The molecule has 6 heteroatoms. The van der Waals surface area contributed by atoms with Gasteiger partial charge >= 0.3 is 0 Å². The quantitative estimate of drug-likeness (QED) is 0.790. The van der Waals surface area contributed by atoms with E-state index in [2.05, 4.69) is 9.88 Å². The molecule has 3 aromatic rings. The summed E-state index contributed by atoms with van der Waals surface area (Å²) in [5.41, 5.74) is 0.706. The Morgan fingerprint density at radius 2 is 2.28 bits per heavy atom. The average molecular weight is 343 g/mol. The molecule has 5 nitrogen and oxygen atoms in total. The number of likely N-dealkylation sites (tertiary alicyclic amines) is 1. The maximum absolute atomic E-state index is 13.3. The van der Waals surface area contributed by atoms with E-state index in [1.165, 1.54) is 12.1 Å². The number of hydrogen-bond donors (Lipinski definition) is 1. The van der Waals surface area contributed by atoms with E-state index in [9.17, 15) is 9.50 Å². The molecular formula is C19H22FN3O2. The van der Waals surface area contributed by atoms with Crippen LogP contribution in [0.15, 0.2) is 41.1 Å². The van der Waals surface area contributed by atoms with Crippen molar-refractivity contribution in [3.8, 4) is 0 Å². The van der Waals surface area contributed by atoms with Crippen molar-refractivity contribution in [2.45, 2.75) is 25.5 Å². The predicted molar refractivity (Wildman–Crippen MR) is 92.3 cm³/mol. The lowest BCUT2D eigenvalue weighted by molar-refractivity contribution is 0.0385. The second kappa shape index (κ2) is 6.61. The zero-order valence-electron chi connectivity index (χ0n) is 14.2. The van der Waals surface area contributed by atoms with Crippen LogP contribution in [0.4, 0.5) is 4.39 Å². The summed E-state index contributed by atoms with van der Waals surface area (Å²) >= 11 is 0. The summed E-state index contributed by atoms with van der Waals surface area (Å²) in [4.78, 5) is 6.56. The Labute approximate surface area is 145 Å². The van der Waals surface area contributed by atoms with Crippen molar-refractivity contribution >= 4 is 11.0 Å². The van der Waals surface area contributed by atoms with Gasteiger partial charge < -0.3 is 14.1 Å². The van der Waals surface area contributed by atoms with Crippen molar-refractivity contribution in [1.82, 2.24) is 14.5 Å². The average Bonchev–Trinajstić information content (AvgIpc) is 3.19. The Morgan fingerprint density at radius 3 is 3.08 bits per heavy atom. The van der Waals surface area contributed by atoms with E-state index in [1.807, 2.05) is 23.9 Å². The molecule has 0 saturated carbocycles. The first-order chi connectivity index (χ1) is 12.1. The molecule has 2 unspecified atom stereocenters. The molecule has 3 heterocycles. The summed E-state index contributed by atoms with van der Waals surface area (Å²) in [6.07, 6.45) is 5.02. The van der Waals surface area contributed by atoms with Crippen LogP contribution < -0.4 is 0 Å². The van der Waals surface area contributed by atoms with Crippen LogP contribution in [0.1, 0.15) is 30.5 Å². The van der Waals surface area contributed by atoms with Gasteiger partial charge in [-0.05, 0) is 43.7 Å². The number of aryl methyl sites for hydroxylation is 1. The Bertz CT molecular complexity index is 873. The molecule has 1 fully saturated rings. The Hall–Kier alpha value is -2.18. The highest BCUT2D eigenvalue weighted by atomic mass is 19.1. The molecule has 1 aliphatic rings. The smallest absolute Gasteiger partial charge is 0.137 e. The van der Waals surface area contributed by atoms with Crippen LogP contribution in [0.5, 0.6) is 0 Å². The molecule has 1 aromatic carbocycles. The number of hydrogen-bond acceptors (Lipinski definition) is 4. The van der Waals surface area contributed by atoms with Gasteiger partial charge in [0.2, 0.25) is 0 Å². The standard InChI is InChI=1S/C19H22FN3O2/c1-22-8-6-21-19(22)18(24)13-3-2-7-23(11-13)12-16-10-14-9-15(20)4-5-17(14)25-16/h4-6,8-10,13,18,24H,2-3,7,11-12H2,1H3. The molecule has 1 aliphatic heterocycles. The summed E-state index contributed by atoms with van der Waals surface area (Å²) in [7, 11) is 1.90. The molecule has 1 N–H and O–H groups in total. The van der Waals surface area contributed by atoms with E-state index in [-0.39, 0.29) is 11.7 Å². The Balaban J connectivity index is 1.46. The molecule has 0 bridgehead atoms. The normalized spacial score (nSPS) is 20.2. The molecule has 2 atom stereocenters. The summed E-state index contributed by atoms with van der Waals surface area (Å²) in [6.45, 7) is 2.43. The van der Waals surface area contributed by atoms with E-state index in [1.54, 1.807) is 12.3 Å². The largest absolute Gasteiger partial charge is 0.460 e. The van der Waals surface area contributed by atoms with E-state index in [0.717, 1.165) is 37.1 Å². The molecule has 0 amide bonds. The molecule has 132 valence electrons. The van der Waals surface area contributed by atoms with Gasteiger partial charge in [-0.3, -0.25) is 4.90 Å². The van der Waals surface area contributed by atoms with Crippen LogP contribution in [0, 0.1) is 11.7 Å². The molecule has 1 saturated heterocycles. The van der Waals surface area contributed by atoms with Gasteiger partial charge in [-0.1, -0.05) is 0 Å². The van der Waals surface area contributed by atoms with Gasteiger partial charge in [-0.25, -0.2) is 9.37 Å². The highest BCUT2D eigenvalue weighted by Gasteiger charge is 2.29. The fourth-order valence-corrected chi connectivity index (χ4v) is 3.73. The van der Waals surface area contributed by atoms with Gasteiger partial charge in [-0.15, -0.1) is 0 Å². The molecule has 25 heavy (non-hydrogen) atoms. The highest BCUT2D eigenvalue weighted by Crippen LogP contribution is 2.30. The Morgan fingerprint density at radius 1 is 1.40 bits per heavy atom. The van der Waals surface area contributed by atoms with Crippen LogP contribution in [-0.4, -0.2) is 32.6 Å². The van der Waals surface area contributed by atoms with Gasteiger partial charge in [0.25, 0.3) is 0 Å². The van der Waals surface area contributed by atoms with E-state index in [4.69, 9.17) is 4.42 Å². The minimum absolute atomic E-state index is 0.150. The van der Waals surface area contributed by atoms with Crippen LogP contribution in [0.2, 0.25) is 0 Å². The van der Waals surface area contributed by atoms with Crippen molar-refractivity contribution in [3.05, 3.63) is 54.1 Å². The lowest BCUT2D eigenvalue weighted by atomic mass is 9.92. The first-order valence-electron chi connectivity index (χ1n) is 8.66. The third-order valence-corrected chi connectivity index (χ3v) is 5.02. The van der Waals surface area contributed by atoms with Gasteiger partial charge in [0.05, 0.1) is 6.54 Å². The zero-order valence-corrected chi connectivity index (χ0v) is 14.2. The second-order valence-electron chi connectivity index (χ2n) is 6.87. The molecule has 2 aromatic heterocycles. The Kier molecular flexibility index (Phi) is 4.31. The number of fused-ring (bicyclic) bond motifs is 1. The summed E-state index contributed by atoms with van der Waals surface area (Å²) in [6, 6.07) is 6.47. The third kappa shape index (κ3) is 3.32. The maximum Gasteiger partial charge on any atom is 0.137 e. The van der Waals surface area contributed by atoms with Crippen LogP contribution in [-0.2, 0) is 13.6 Å². The maximum atomic E-state index is 13.3. The minimum Gasteiger partial charge on any atom is -0.460 e. The van der Waals surface area contributed by atoms with Crippen molar-refractivity contribution in [2.24, 2.45) is 13.0 Å². The minimum atomic E-state index is -0.562. The molecular weight excluding hydrogens is 321 g/mol. The van der Waals surface area contributed by atoms with E-state index < -0.39 is 6.10 Å². The molecule has 0 aliphatic carbocycles. The monoisotopic (exact) mass is 343 g/mol. The van der Waals surface area contributed by atoms with Gasteiger partial charge in [-0.2, -0.15) is 0 Å². The number of piperidine rings is 1. The number of furan rings is 1. The first-order valence-corrected chi connectivity index (χ1v) is 8.66. The lowest BCUT2D eigenvalue weighted by Gasteiger charge is -2.34. The predicted octanol–water partition coefficient (Wildman–Crippen LogP) is 3.25. The van der Waals surface area contributed by atoms with Gasteiger partial charge in [0, 0.05) is 37.3 Å². The lowest BCUT2D eigenvalue weighted by Crippen LogP contribution is -2.37. The van der Waals surface area contributed by atoms with Gasteiger partial charge in [0.15, 0.2) is 0 Å². The summed E-state index contributed by atoms with van der Waals surface area (Å²) in [5.74, 6) is 1.44. The highest BCUT2D eigenvalue weighted by molar-refractivity contribution is 5.77. The topological polar surface area (TPSA) is 54.4 Å². The summed E-state index contributed by atoms with van der Waals surface area (Å²) in [5, 5.41) is 11.5. The van der Waals surface area contributed by atoms with Crippen LogP contribution in [0.3, 0.4) is 0 Å². The molecule has 0 spiro atoms. The van der Waals surface area contributed by atoms with Crippen molar-refractivity contribution in [3.63, 3.8) is 0 Å². The SMILES string of the molecule is Cn1ccnc1C(O)C1CCCN(Cc2cc3cc(F)ccc3o2)C1. The number of aliphatic hydroxyl groups excluding tert-OH is 1. The van der Waals surface area contributed by atoms with Crippen molar-refractivity contribution in [1.29, 1.82) is 0 Å². The number of nitrogens with zero attached hydrogens (tertiary/aromatic N) is 3. The van der Waals surface area contributed by atoms with Gasteiger partial charge in [0.1, 0.15) is 29.1 Å². The van der Waals surface area contributed by atoms with Crippen LogP contribution >= 0.6 is 0 Å². The van der Waals surface area contributed by atoms with Crippen molar-refractivity contribution < 1.29 is 13.9 Å². The number of rotatable bonds is 4. The second-order valence-corrected chi connectivity index (χ2v) is 6.87. The van der Waals surface area contributed by atoms with Crippen molar-refractivity contribution in [2.75, 3.05) is 13.1 Å². The number of benzene rings is 1. The fraction of sp³-hybridized carbons (Fsp3) is 0.421. The number of aliphatic hydroxyl groups is 1. The first kappa shape index (κ1) is 16.3. The van der Waals surface area contributed by atoms with E-state index >= 15 is 0 Å². The third-order valence-electron chi connectivity index (χ3n) is 5.02. The number of halogens is 1. The fourth-order valence-electron chi connectivity index (χ4n) is 3.73. The van der Waals surface area contributed by atoms with Crippen LogP contribution in [0.25, 0.3) is 11.0 Å². The summed E-state index contributed by atoms with van der Waals surface area (Å²) < 4.78 is 21.0. The molecule has 0 radical (unpaired) electrons.